The number of nitro benzene ring substituents is 1. The van der Waals surface area contributed by atoms with E-state index in [0.29, 0.717) is 11.3 Å². The fraction of sp³-hybridized carbons (Fsp3) is 0.222. The average molecular weight is 373 g/mol. The lowest BCUT2D eigenvalue weighted by molar-refractivity contribution is -0.385. The maximum absolute atomic E-state index is 12.9. The van der Waals surface area contributed by atoms with Gasteiger partial charge in [-0.3, -0.25) is 19.8 Å². The van der Waals surface area contributed by atoms with Crippen molar-refractivity contribution in [2.24, 2.45) is 0 Å². The molecule has 1 unspecified atom stereocenters. The molecule has 2 aromatic carbocycles. The molecule has 1 saturated heterocycles. The van der Waals surface area contributed by atoms with Gasteiger partial charge in [0.1, 0.15) is 23.7 Å². The van der Waals surface area contributed by atoms with Gasteiger partial charge in [-0.05, 0) is 36.8 Å². The molecule has 1 N–H and O–H groups in total. The largest absolute Gasteiger partial charge is 0.492 e. The Balaban J connectivity index is 1.71. The SMILES string of the molecule is CC1(c2cccc([N+](=O)[O-])c2)NC(=O)N(CCOc2ccc(F)cc2)C1=O. The highest BCUT2D eigenvalue weighted by molar-refractivity contribution is 6.07. The number of urea groups is 1. The second-order valence-corrected chi connectivity index (χ2v) is 6.12. The molecule has 1 aliphatic heterocycles. The highest BCUT2D eigenvalue weighted by Crippen LogP contribution is 2.30. The molecular formula is C18H16FN3O5. The summed E-state index contributed by atoms with van der Waals surface area (Å²) in [4.78, 5) is 36.4. The molecule has 1 heterocycles. The van der Waals surface area contributed by atoms with Gasteiger partial charge in [0.25, 0.3) is 11.6 Å². The first-order chi connectivity index (χ1) is 12.8. The van der Waals surface area contributed by atoms with Gasteiger partial charge in [0.05, 0.1) is 11.5 Å². The van der Waals surface area contributed by atoms with Crippen molar-refractivity contribution < 1.29 is 23.6 Å². The topological polar surface area (TPSA) is 102 Å². The molecule has 1 aliphatic rings. The summed E-state index contributed by atoms with van der Waals surface area (Å²) in [6.07, 6.45) is 0. The van der Waals surface area contributed by atoms with Crippen LogP contribution in [0.5, 0.6) is 5.75 Å². The predicted octanol–water partition coefficient (Wildman–Crippen LogP) is 2.58. The van der Waals surface area contributed by atoms with Crippen molar-refractivity contribution in [2.75, 3.05) is 13.2 Å². The zero-order valence-corrected chi connectivity index (χ0v) is 14.3. The van der Waals surface area contributed by atoms with Crippen LogP contribution < -0.4 is 10.1 Å². The van der Waals surface area contributed by atoms with Crippen molar-refractivity contribution in [3.05, 3.63) is 70.0 Å². The van der Waals surface area contributed by atoms with Crippen LogP contribution in [0.25, 0.3) is 0 Å². The number of hydrogen-bond acceptors (Lipinski definition) is 5. The Bertz CT molecular complexity index is 902. The van der Waals surface area contributed by atoms with E-state index in [9.17, 15) is 24.1 Å². The van der Waals surface area contributed by atoms with Crippen LogP contribution in [-0.2, 0) is 10.3 Å². The number of imide groups is 1. The summed E-state index contributed by atoms with van der Waals surface area (Å²) in [7, 11) is 0. The van der Waals surface area contributed by atoms with Gasteiger partial charge in [0, 0.05) is 12.1 Å². The first-order valence-corrected chi connectivity index (χ1v) is 8.08. The van der Waals surface area contributed by atoms with E-state index in [1.165, 1.54) is 49.4 Å². The van der Waals surface area contributed by atoms with E-state index in [1.807, 2.05) is 0 Å². The second kappa shape index (κ2) is 7.02. The molecule has 0 radical (unpaired) electrons. The Morgan fingerprint density at radius 3 is 2.59 bits per heavy atom. The van der Waals surface area contributed by atoms with Gasteiger partial charge in [-0.2, -0.15) is 0 Å². The smallest absolute Gasteiger partial charge is 0.325 e. The Kier molecular flexibility index (Phi) is 4.76. The molecule has 3 amide bonds. The number of nitrogens with one attached hydrogen (secondary N) is 1. The Morgan fingerprint density at radius 1 is 1.22 bits per heavy atom. The molecule has 0 saturated carbocycles. The summed E-state index contributed by atoms with van der Waals surface area (Å²) in [5.74, 6) is -0.523. The molecule has 0 spiro atoms. The molecule has 8 nitrogen and oxygen atoms in total. The van der Waals surface area contributed by atoms with Crippen molar-refractivity contribution in [2.45, 2.75) is 12.5 Å². The summed E-state index contributed by atoms with van der Waals surface area (Å²) in [6, 6.07) is 10.3. The summed E-state index contributed by atoms with van der Waals surface area (Å²) in [5.41, 5.74) is -1.26. The average Bonchev–Trinajstić information content (AvgIpc) is 2.87. The highest BCUT2D eigenvalue weighted by Gasteiger charge is 2.49. The van der Waals surface area contributed by atoms with Crippen molar-refractivity contribution >= 4 is 17.6 Å². The Morgan fingerprint density at radius 2 is 1.93 bits per heavy atom. The van der Waals surface area contributed by atoms with Crippen LogP contribution in [0.3, 0.4) is 0 Å². The number of benzene rings is 2. The molecular weight excluding hydrogens is 357 g/mol. The van der Waals surface area contributed by atoms with E-state index in [1.54, 1.807) is 6.07 Å². The summed E-state index contributed by atoms with van der Waals surface area (Å²) < 4.78 is 18.3. The maximum atomic E-state index is 12.9. The third-order valence-electron chi connectivity index (χ3n) is 4.31. The molecule has 9 heteroatoms. The van der Waals surface area contributed by atoms with Gasteiger partial charge in [0.2, 0.25) is 0 Å². The van der Waals surface area contributed by atoms with Crippen molar-refractivity contribution in [3.63, 3.8) is 0 Å². The van der Waals surface area contributed by atoms with Crippen LogP contribution in [0.15, 0.2) is 48.5 Å². The number of halogens is 1. The minimum absolute atomic E-state index is 0.0213. The maximum Gasteiger partial charge on any atom is 0.325 e. The summed E-state index contributed by atoms with van der Waals surface area (Å²) in [6.45, 7) is 1.50. The van der Waals surface area contributed by atoms with Gasteiger partial charge in [0.15, 0.2) is 0 Å². The highest BCUT2D eigenvalue weighted by atomic mass is 19.1. The molecule has 140 valence electrons. The number of ether oxygens (including phenoxy) is 1. The molecule has 1 fully saturated rings. The quantitative estimate of drug-likeness (QED) is 0.476. The Labute approximate surface area is 153 Å². The van der Waals surface area contributed by atoms with Crippen LogP contribution in [0.4, 0.5) is 14.9 Å². The van der Waals surface area contributed by atoms with Crippen molar-refractivity contribution in [1.29, 1.82) is 0 Å². The molecule has 0 bridgehead atoms. The fourth-order valence-electron chi connectivity index (χ4n) is 2.81. The lowest BCUT2D eigenvalue weighted by Gasteiger charge is -2.22. The minimum atomic E-state index is -1.40. The van der Waals surface area contributed by atoms with Crippen molar-refractivity contribution in [1.82, 2.24) is 10.2 Å². The third kappa shape index (κ3) is 3.57. The van der Waals surface area contributed by atoms with Crippen LogP contribution >= 0.6 is 0 Å². The molecule has 1 atom stereocenters. The molecule has 0 aromatic heterocycles. The van der Waals surface area contributed by atoms with Crippen molar-refractivity contribution in [3.8, 4) is 5.75 Å². The first kappa shape index (κ1) is 18.3. The van der Waals surface area contributed by atoms with E-state index in [0.717, 1.165) is 4.90 Å². The monoisotopic (exact) mass is 373 g/mol. The van der Waals surface area contributed by atoms with E-state index in [4.69, 9.17) is 4.74 Å². The summed E-state index contributed by atoms with van der Waals surface area (Å²) >= 11 is 0. The lowest BCUT2D eigenvalue weighted by atomic mass is 9.91. The van der Waals surface area contributed by atoms with Gasteiger partial charge < -0.3 is 10.1 Å². The number of amides is 3. The number of rotatable bonds is 6. The van der Waals surface area contributed by atoms with E-state index in [2.05, 4.69) is 5.32 Å². The number of carbonyl (C=O) groups is 2. The molecule has 0 aliphatic carbocycles. The van der Waals surface area contributed by atoms with Gasteiger partial charge in [-0.15, -0.1) is 0 Å². The Hall–Kier alpha value is -3.49. The van der Waals surface area contributed by atoms with E-state index >= 15 is 0 Å². The number of carbonyl (C=O) groups excluding carboxylic acids is 2. The molecule has 3 rings (SSSR count). The number of nitrogens with zero attached hydrogens (tertiary/aromatic N) is 2. The molecule has 2 aromatic rings. The third-order valence-corrected chi connectivity index (χ3v) is 4.31. The van der Waals surface area contributed by atoms with E-state index < -0.39 is 28.2 Å². The zero-order chi connectivity index (χ0) is 19.6. The fourth-order valence-corrected chi connectivity index (χ4v) is 2.81. The van der Waals surface area contributed by atoms with Gasteiger partial charge >= 0.3 is 6.03 Å². The first-order valence-electron chi connectivity index (χ1n) is 8.08. The number of non-ortho nitro benzene ring substituents is 1. The van der Waals surface area contributed by atoms with Crippen LogP contribution in [0.1, 0.15) is 12.5 Å². The normalized spacial score (nSPS) is 19.1. The number of nitro groups is 1. The van der Waals surface area contributed by atoms with Crippen LogP contribution in [0, 0.1) is 15.9 Å². The summed E-state index contributed by atoms with van der Waals surface area (Å²) in [5, 5.41) is 13.5. The van der Waals surface area contributed by atoms with Gasteiger partial charge in [-0.1, -0.05) is 12.1 Å². The zero-order valence-electron chi connectivity index (χ0n) is 14.3. The predicted molar refractivity (Wildman–Crippen MR) is 92.6 cm³/mol. The standard InChI is InChI=1S/C18H16FN3O5/c1-18(12-3-2-4-14(11-12)22(25)26)16(23)21(17(24)20-18)9-10-27-15-7-5-13(19)6-8-15/h2-8,11H,9-10H2,1H3,(H,20,24). The number of hydrogen-bond donors (Lipinski definition) is 1. The lowest BCUT2D eigenvalue weighted by Crippen LogP contribution is -2.41. The van der Waals surface area contributed by atoms with Crippen LogP contribution in [-0.4, -0.2) is 34.9 Å². The van der Waals surface area contributed by atoms with Crippen LogP contribution in [0.2, 0.25) is 0 Å². The molecule has 27 heavy (non-hydrogen) atoms. The second-order valence-electron chi connectivity index (χ2n) is 6.12. The van der Waals surface area contributed by atoms with Gasteiger partial charge in [-0.25, -0.2) is 9.18 Å². The minimum Gasteiger partial charge on any atom is -0.492 e. The van der Waals surface area contributed by atoms with E-state index in [-0.39, 0.29) is 18.8 Å².